The topological polar surface area (TPSA) is 118 Å². The zero-order valence-corrected chi connectivity index (χ0v) is 12.1. The number of nitrogens with two attached hydrogens (primary N) is 1. The molecule has 7 nitrogen and oxygen atoms in total. The van der Waals surface area contributed by atoms with Crippen LogP contribution < -0.4 is 5.73 Å². The second-order valence-corrected chi connectivity index (χ2v) is 5.23. The van der Waals surface area contributed by atoms with Crippen molar-refractivity contribution in [1.82, 2.24) is 4.90 Å². The van der Waals surface area contributed by atoms with E-state index >= 15 is 0 Å². The number of ketones is 1. The molecule has 23 heavy (non-hydrogen) atoms. The summed E-state index contributed by atoms with van der Waals surface area (Å²) < 4.78 is 13.7. The van der Waals surface area contributed by atoms with E-state index in [1.165, 1.54) is 17.0 Å². The number of halogens is 1. The number of nitrogens with zero attached hydrogens (tertiary/aromatic N) is 1. The molecule has 0 radical (unpaired) electrons. The number of hydrogen-bond donors (Lipinski definition) is 2. The lowest BCUT2D eigenvalue weighted by atomic mass is 9.89. The average molecular weight is 322 g/mol. The van der Waals surface area contributed by atoms with Crippen LogP contribution >= 0.6 is 0 Å². The predicted molar refractivity (Wildman–Crippen MR) is 76.1 cm³/mol. The van der Waals surface area contributed by atoms with Gasteiger partial charge in [-0.2, -0.15) is 0 Å². The number of likely N-dealkylation sites (tertiary alicyclic amines) is 1. The average Bonchev–Trinajstić information content (AvgIpc) is 2.83. The van der Waals surface area contributed by atoms with E-state index in [4.69, 9.17) is 10.8 Å². The number of carbonyl (C=O) groups excluding carboxylic acids is 3. The van der Waals surface area contributed by atoms with Crippen LogP contribution in [0.1, 0.15) is 34.7 Å². The molecule has 1 heterocycles. The van der Waals surface area contributed by atoms with E-state index in [2.05, 4.69) is 0 Å². The standard InChI is InChI=1S/C15H15FN2O5/c16-9-4-1-3-8(12(9)15(22)23)13(14(17)21)10(19)7-18-6-2-5-11(18)20/h1,3-4,13H,2,5-7H2,(H2,17,21)(H,22,23). The van der Waals surface area contributed by atoms with E-state index < -0.39 is 35.0 Å². The van der Waals surface area contributed by atoms with Gasteiger partial charge >= 0.3 is 5.97 Å². The Morgan fingerprint density at radius 2 is 2.04 bits per heavy atom. The van der Waals surface area contributed by atoms with Crippen LogP contribution in [0.25, 0.3) is 0 Å². The summed E-state index contributed by atoms with van der Waals surface area (Å²) in [7, 11) is 0. The lowest BCUT2D eigenvalue weighted by Crippen LogP contribution is -2.38. The summed E-state index contributed by atoms with van der Waals surface area (Å²) in [6.45, 7) is 0.0208. The van der Waals surface area contributed by atoms with Crippen molar-refractivity contribution >= 4 is 23.6 Å². The number of rotatable bonds is 6. The van der Waals surface area contributed by atoms with Gasteiger partial charge in [0.05, 0.1) is 12.1 Å². The van der Waals surface area contributed by atoms with Gasteiger partial charge in [0.25, 0.3) is 0 Å². The zero-order chi connectivity index (χ0) is 17.1. The molecule has 122 valence electrons. The molecule has 2 amide bonds. The third-order valence-corrected chi connectivity index (χ3v) is 3.70. The lowest BCUT2D eigenvalue weighted by Gasteiger charge is -2.20. The molecule has 1 unspecified atom stereocenters. The van der Waals surface area contributed by atoms with E-state index in [1.807, 2.05) is 0 Å². The van der Waals surface area contributed by atoms with Gasteiger partial charge in [0, 0.05) is 13.0 Å². The molecule has 8 heteroatoms. The normalized spacial score (nSPS) is 15.5. The van der Waals surface area contributed by atoms with Crippen molar-refractivity contribution in [3.63, 3.8) is 0 Å². The minimum atomic E-state index is -1.62. The first-order valence-electron chi connectivity index (χ1n) is 6.94. The lowest BCUT2D eigenvalue weighted by molar-refractivity contribution is -0.135. The molecule has 2 rings (SSSR count). The highest BCUT2D eigenvalue weighted by Crippen LogP contribution is 2.25. The van der Waals surface area contributed by atoms with Gasteiger partial charge in [0.2, 0.25) is 11.8 Å². The van der Waals surface area contributed by atoms with Crippen molar-refractivity contribution in [3.8, 4) is 0 Å². The number of benzene rings is 1. The number of primary amides is 1. The quantitative estimate of drug-likeness (QED) is 0.730. The first-order valence-corrected chi connectivity index (χ1v) is 6.94. The Morgan fingerprint density at radius 1 is 1.35 bits per heavy atom. The molecule has 1 aromatic rings. The van der Waals surface area contributed by atoms with Crippen LogP contribution in [-0.4, -0.2) is 46.7 Å². The second-order valence-electron chi connectivity index (χ2n) is 5.23. The second kappa shape index (κ2) is 6.55. The van der Waals surface area contributed by atoms with E-state index in [1.54, 1.807) is 0 Å². The maximum atomic E-state index is 13.7. The summed E-state index contributed by atoms with van der Waals surface area (Å²) in [6, 6.07) is 3.28. The van der Waals surface area contributed by atoms with E-state index in [9.17, 15) is 23.6 Å². The SMILES string of the molecule is NC(=O)C(C(=O)CN1CCCC1=O)c1cccc(F)c1C(=O)O. The maximum absolute atomic E-state index is 13.7. The van der Waals surface area contributed by atoms with Crippen LogP contribution in [0.15, 0.2) is 18.2 Å². The first-order chi connectivity index (χ1) is 10.8. The van der Waals surface area contributed by atoms with Crippen LogP contribution in [0.3, 0.4) is 0 Å². The van der Waals surface area contributed by atoms with Crippen LogP contribution in [0.4, 0.5) is 4.39 Å². The molecule has 1 atom stereocenters. The van der Waals surface area contributed by atoms with Crippen LogP contribution in [-0.2, 0) is 14.4 Å². The van der Waals surface area contributed by atoms with Crippen LogP contribution in [0.5, 0.6) is 0 Å². The van der Waals surface area contributed by atoms with E-state index in [0.29, 0.717) is 19.4 Å². The van der Waals surface area contributed by atoms with Gasteiger partial charge in [-0.3, -0.25) is 14.4 Å². The van der Waals surface area contributed by atoms with Crippen molar-refractivity contribution in [2.24, 2.45) is 5.73 Å². The fourth-order valence-corrected chi connectivity index (χ4v) is 2.64. The van der Waals surface area contributed by atoms with E-state index in [-0.39, 0.29) is 18.0 Å². The van der Waals surface area contributed by atoms with Crippen molar-refractivity contribution in [3.05, 3.63) is 35.1 Å². The molecule has 0 bridgehead atoms. The Hall–Kier alpha value is -2.77. The summed E-state index contributed by atoms with van der Waals surface area (Å²) >= 11 is 0. The molecule has 1 aliphatic rings. The Kier molecular flexibility index (Phi) is 4.73. The molecule has 1 aliphatic heterocycles. The molecule has 3 N–H and O–H groups in total. The van der Waals surface area contributed by atoms with Gasteiger partial charge in [-0.25, -0.2) is 9.18 Å². The van der Waals surface area contributed by atoms with Crippen molar-refractivity contribution in [1.29, 1.82) is 0 Å². The molecule has 1 fully saturated rings. The van der Waals surface area contributed by atoms with Crippen LogP contribution in [0, 0.1) is 5.82 Å². The van der Waals surface area contributed by atoms with Crippen molar-refractivity contribution in [2.75, 3.05) is 13.1 Å². The number of carboxylic acid groups (broad SMARTS) is 1. The minimum absolute atomic E-state index is 0.223. The Balaban J connectivity index is 2.37. The monoisotopic (exact) mass is 322 g/mol. The number of hydrogen-bond acceptors (Lipinski definition) is 4. The Bertz CT molecular complexity index is 688. The Labute approximate surface area is 130 Å². The van der Waals surface area contributed by atoms with Gasteiger partial charge < -0.3 is 15.7 Å². The minimum Gasteiger partial charge on any atom is -0.478 e. The number of Topliss-reactive ketones (excluding diaryl/α,β-unsaturated/α-hetero) is 1. The third-order valence-electron chi connectivity index (χ3n) is 3.70. The fraction of sp³-hybridized carbons (Fsp3) is 0.333. The molecule has 0 aliphatic carbocycles. The predicted octanol–water partition coefficient (Wildman–Crippen LogP) is 0.284. The first kappa shape index (κ1) is 16.6. The summed E-state index contributed by atoms with van der Waals surface area (Å²) in [6.07, 6.45) is 0.919. The molecule has 0 spiro atoms. The molecular weight excluding hydrogens is 307 g/mol. The summed E-state index contributed by atoms with van der Waals surface area (Å²) in [5.41, 5.74) is 4.15. The highest BCUT2D eigenvalue weighted by Gasteiger charge is 2.34. The summed E-state index contributed by atoms with van der Waals surface area (Å²) in [5, 5.41) is 9.12. The number of amides is 2. The van der Waals surface area contributed by atoms with Gasteiger partial charge in [-0.1, -0.05) is 12.1 Å². The third kappa shape index (κ3) is 3.36. The van der Waals surface area contributed by atoms with Crippen molar-refractivity contribution in [2.45, 2.75) is 18.8 Å². The molecule has 1 saturated heterocycles. The fourth-order valence-electron chi connectivity index (χ4n) is 2.64. The van der Waals surface area contributed by atoms with Crippen molar-refractivity contribution < 1.29 is 28.7 Å². The summed E-state index contributed by atoms with van der Waals surface area (Å²) in [5.74, 6) is -6.33. The van der Waals surface area contributed by atoms with Gasteiger partial charge in [-0.15, -0.1) is 0 Å². The maximum Gasteiger partial charge on any atom is 0.339 e. The summed E-state index contributed by atoms with van der Waals surface area (Å²) in [4.78, 5) is 48.1. The molecule has 0 aromatic heterocycles. The number of carbonyl (C=O) groups is 4. The highest BCUT2D eigenvalue weighted by molar-refractivity contribution is 6.09. The molecule has 0 saturated carbocycles. The highest BCUT2D eigenvalue weighted by atomic mass is 19.1. The Morgan fingerprint density at radius 3 is 2.57 bits per heavy atom. The van der Waals surface area contributed by atoms with Gasteiger partial charge in [-0.05, 0) is 18.1 Å². The molecule has 1 aromatic carbocycles. The van der Waals surface area contributed by atoms with Crippen LogP contribution in [0.2, 0.25) is 0 Å². The van der Waals surface area contributed by atoms with Gasteiger partial charge in [0.1, 0.15) is 11.7 Å². The number of aromatic carboxylic acids is 1. The van der Waals surface area contributed by atoms with E-state index in [0.717, 1.165) is 6.07 Å². The smallest absolute Gasteiger partial charge is 0.339 e. The number of carboxylic acids is 1. The zero-order valence-electron chi connectivity index (χ0n) is 12.1. The molecular formula is C15H15FN2O5. The van der Waals surface area contributed by atoms with Gasteiger partial charge in [0.15, 0.2) is 5.78 Å². The largest absolute Gasteiger partial charge is 0.478 e.